The maximum atomic E-state index is 13.1. The standard InChI is InChI=1S/C20H21F3N6O/c1-19(2)14(18(25)30)5-16(19)29-15-6-17(27-9-11(15)7-24)28-10-12-8-26-4-3-13(12)20(21,22)23/h3-4,6,8-9,14,16H,5,10H2,1-2H3,(H2,25,30)(H2,27,28,29)/t14-,16-/m0/s1. The highest BCUT2D eigenvalue weighted by atomic mass is 19.4. The minimum absolute atomic E-state index is 0.0184. The largest absolute Gasteiger partial charge is 0.416 e. The SMILES string of the molecule is CC1(C)[C@@H](Nc2cc(NCc3cnccc3C(F)(F)F)ncc2C#N)C[C@H]1C(N)=O. The van der Waals surface area contributed by atoms with Crippen LogP contribution in [0.2, 0.25) is 0 Å². The minimum Gasteiger partial charge on any atom is -0.380 e. The topological polar surface area (TPSA) is 117 Å². The van der Waals surface area contributed by atoms with Crippen LogP contribution in [0.15, 0.2) is 30.7 Å². The van der Waals surface area contributed by atoms with Gasteiger partial charge >= 0.3 is 6.18 Å². The van der Waals surface area contributed by atoms with Crippen LogP contribution in [0, 0.1) is 22.7 Å². The lowest BCUT2D eigenvalue weighted by atomic mass is 9.58. The van der Waals surface area contributed by atoms with Crippen molar-refractivity contribution in [3.8, 4) is 6.07 Å². The summed E-state index contributed by atoms with van der Waals surface area (Å²) in [5.41, 5.74) is 5.01. The van der Waals surface area contributed by atoms with Crippen molar-refractivity contribution in [3.05, 3.63) is 47.4 Å². The van der Waals surface area contributed by atoms with Crippen LogP contribution in [0.25, 0.3) is 0 Å². The van der Waals surface area contributed by atoms with E-state index in [1.54, 1.807) is 6.07 Å². The molecule has 0 saturated heterocycles. The molecule has 0 spiro atoms. The second kappa shape index (κ2) is 7.82. The van der Waals surface area contributed by atoms with E-state index in [4.69, 9.17) is 5.73 Å². The number of nitrogens with one attached hydrogen (secondary N) is 2. The van der Waals surface area contributed by atoms with Gasteiger partial charge in [0.05, 0.1) is 16.8 Å². The third-order valence-electron chi connectivity index (χ3n) is 5.63. The summed E-state index contributed by atoms with van der Waals surface area (Å²) in [5.74, 6) is -0.337. The van der Waals surface area contributed by atoms with Gasteiger partial charge in [-0.3, -0.25) is 9.78 Å². The monoisotopic (exact) mass is 418 g/mol. The highest BCUT2D eigenvalue weighted by molar-refractivity contribution is 5.79. The predicted octanol–water partition coefficient (Wildman–Crippen LogP) is 3.29. The lowest BCUT2D eigenvalue weighted by Gasteiger charge is -2.51. The van der Waals surface area contributed by atoms with Crippen LogP contribution in [0.1, 0.15) is 37.0 Å². The maximum absolute atomic E-state index is 13.1. The molecule has 2 heterocycles. The van der Waals surface area contributed by atoms with Crippen molar-refractivity contribution in [2.45, 2.75) is 39.0 Å². The van der Waals surface area contributed by atoms with E-state index >= 15 is 0 Å². The van der Waals surface area contributed by atoms with E-state index in [9.17, 15) is 23.2 Å². The third-order valence-corrected chi connectivity index (χ3v) is 5.63. The molecule has 0 unspecified atom stereocenters. The predicted molar refractivity (Wildman–Crippen MR) is 104 cm³/mol. The number of carbonyl (C=O) groups is 1. The van der Waals surface area contributed by atoms with Gasteiger partial charge in [0, 0.05) is 48.7 Å². The second-order valence-electron chi connectivity index (χ2n) is 7.82. The number of pyridine rings is 2. The van der Waals surface area contributed by atoms with E-state index in [0.717, 1.165) is 18.5 Å². The summed E-state index contributed by atoms with van der Waals surface area (Å²) < 4.78 is 39.4. The number of aromatic nitrogens is 2. The molecule has 30 heavy (non-hydrogen) atoms. The first kappa shape index (κ1) is 21.4. The van der Waals surface area contributed by atoms with Crippen LogP contribution in [0.3, 0.4) is 0 Å². The Morgan fingerprint density at radius 1 is 1.40 bits per heavy atom. The molecule has 1 saturated carbocycles. The number of carbonyl (C=O) groups excluding carboxylic acids is 1. The van der Waals surface area contributed by atoms with Crippen LogP contribution in [0.5, 0.6) is 0 Å². The van der Waals surface area contributed by atoms with Gasteiger partial charge in [0.15, 0.2) is 0 Å². The summed E-state index contributed by atoms with van der Waals surface area (Å²) >= 11 is 0. The fraction of sp³-hybridized carbons (Fsp3) is 0.400. The van der Waals surface area contributed by atoms with Gasteiger partial charge in [0.1, 0.15) is 11.9 Å². The van der Waals surface area contributed by atoms with Crippen molar-refractivity contribution >= 4 is 17.4 Å². The number of hydrogen-bond acceptors (Lipinski definition) is 6. The average Bonchev–Trinajstić information content (AvgIpc) is 2.68. The number of amides is 1. The minimum atomic E-state index is -4.49. The zero-order chi connectivity index (χ0) is 22.1. The van der Waals surface area contributed by atoms with E-state index in [0.29, 0.717) is 17.9 Å². The molecular formula is C20H21F3N6O. The van der Waals surface area contributed by atoms with Gasteiger partial charge < -0.3 is 16.4 Å². The molecule has 3 rings (SSSR count). The van der Waals surface area contributed by atoms with E-state index < -0.39 is 17.2 Å². The van der Waals surface area contributed by atoms with Gasteiger partial charge in [-0.05, 0) is 17.9 Å². The summed E-state index contributed by atoms with van der Waals surface area (Å²) in [5, 5.41) is 15.5. The number of halogens is 3. The van der Waals surface area contributed by atoms with E-state index in [1.165, 1.54) is 6.20 Å². The van der Waals surface area contributed by atoms with E-state index in [2.05, 4.69) is 20.6 Å². The van der Waals surface area contributed by atoms with Gasteiger partial charge in [-0.2, -0.15) is 18.4 Å². The number of nitrogens with zero attached hydrogens (tertiary/aromatic N) is 3. The van der Waals surface area contributed by atoms with Crippen LogP contribution in [-0.4, -0.2) is 21.9 Å². The zero-order valence-electron chi connectivity index (χ0n) is 16.4. The Morgan fingerprint density at radius 2 is 2.13 bits per heavy atom. The van der Waals surface area contributed by atoms with Crippen LogP contribution in [-0.2, 0) is 17.5 Å². The Morgan fingerprint density at radius 3 is 2.73 bits per heavy atom. The fourth-order valence-corrected chi connectivity index (χ4v) is 3.63. The molecule has 2 aromatic heterocycles. The summed E-state index contributed by atoms with van der Waals surface area (Å²) in [7, 11) is 0. The Hall–Kier alpha value is -3.35. The quantitative estimate of drug-likeness (QED) is 0.663. The molecule has 0 radical (unpaired) electrons. The highest BCUT2D eigenvalue weighted by Gasteiger charge is 2.51. The van der Waals surface area contributed by atoms with E-state index in [-0.39, 0.29) is 35.5 Å². The van der Waals surface area contributed by atoms with Crippen LogP contribution in [0.4, 0.5) is 24.7 Å². The number of nitriles is 1. The molecular weight excluding hydrogens is 397 g/mol. The lowest BCUT2D eigenvalue weighted by Crippen LogP contribution is -2.57. The molecule has 1 aliphatic rings. The van der Waals surface area contributed by atoms with Crippen molar-refractivity contribution in [1.82, 2.24) is 9.97 Å². The number of anilines is 2. The van der Waals surface area contributed by atoms with Crippen molar-refractivity contribution in [3.63, 3.8) is 0 Å². The number of primary amides is 1. The van der Waals surface area contributed by atoms with Crippen LogP contribution >= 0.6 is 0 Å². The normalized spacial score (nSPS) is 20.0. The van der Waals surface area contributed by atoms with Crippen molar-refractivity contribution < 1.29 is 18.0 Å². The fourth-order valence-electron chi connectivity index (χ4n) is 3.63. The summed E-state index contributed by atoms with van der Waals surface area (Å²) in [6.45, 7) is 3.69. The smallest absolute Gasteiger partial charge is 0.380 e. The maximum Gasteiger partial charge on any atom is 0.416 e. The molecule has 10 heteroatoms. The summed E-state index contributed by atoms with van der Waals surface area (Å²) in [6.07, 6.45) is -0.371. The Bertz CT molecular complexity index is 999. The van der Waals surface area contributed by atoms with E-state index in [1.807, 2.05) is 19.9 Å². The molecule has 1 fully saturated rings. The third kappa shape index (κ3) is 4.15. The Kier molecular flexibility index (Phi) is 5.57. The van der Waals surface area contributed by atoms with Crippen LogP contribution < -0.4 is 16.4 Å². The number of nitrogens with two attached hydrogens (primary N) is 1. The number of rotatable bonds is 6. The molecule has 1 aliphatic carbocycles. The number of hydrogen-bond donors (Lipinski definition) is 3. The molecule has 0 aliphatic heterocycles. The van der Waals surface area contributed by atoms with Crippen molar-refractivity contribution in [2.75, 3.05) is 10.6 Å². The van der Waals surface area contributed by atoms with Crippen molar-refractivity contribution in [2.24, 2.45) is 17.1 Å². The molecule has 0 aromatic carbocycles. The Balaban J connectivity index is 1.77. The molecule has 2 aromatic rings. The average molecular weight is 418 g/mol. The molecule has 4 N–H and O–H groups in total. The first-order valence-corrected chi connectivity index (χ1v) is 9.24. The Labute approximate surface area is 171 Å². The van der Waals surface area contributed by atoms with Gasteiger partial charge in [-0.25, -0.2) is 4.98 Å². The summed E-state index contributed by atoms with van der Waals surface area (Å²) in [4.78, 5) is 19.4. The van der Waals surface area contributed by atoms with Gasteiger partial charge in [0.25, 0.3) is 0 Å². The lowest BCUT2D eigenvalue weighted by molar-refractivity contribution is -0.138. The van der Waals surface area contributed by atoms with Gasteiger partial charge in [-0.15, -0.1) is 0 Å². The molecule has 1 amide bonds. The molecule has 7 nitrogen and oxygen atoms in total. The number of alkyl halides is 3. The molecule has 2 atom stereocenters. The molecule has 0 bridgehead atoms. The first-order chi connectivity index (χ1) is 14.0. The van der Waals surface area contributed by atoms with Gasteiger partial charge in [0.2, 0.25) is 5.91 Å². The van der Waals surface area contributed by atoms with Crippen molar-refractivity contribution in [1.29, 1.82) is 5.26 Å². The second-order valence-corrected chi connectivity index (χ2v) is 7.82. The highest BCUT2D eigenvalue weighted by Crippen LogP contribution is 2.47. The zero-order valence-corrected chi connectivity index (χ0v) is 16.4. The summed E-state index contributed by atoms with van der Waals surface area (Å²) in [6, 6.07) is 4.43. The first-order valence-electron chi connectivity index (χ1n) is 9.24. The molecule has 158 valence electrons. The van der Waals surface area contributed by atoms with Gasteiger partial charge in [-0.1, -0.05) is 13.8 Å².